The fourth-order valence-electron chi connectivity index (χ4n) is 7.43. The molecular weight excluding hydrogens is 528 g/mol. The van der Waals surface area contributed by atoms with Crippen LogP contribution in [0.25, 0.3) is 10.9 Å². The van der Waals surface area contributed by atoms with Gasteiger partial charge in [0.15, 0.2) is 0 Å². The van der Waals surface area contributed by atoms with Gasteiger partial charge < -0.3 is 25.0 Å². The van der Waals surface area contributed by atoms with Crippen LogP contribution in [-0.2, 0) is 4.74 Å². The van der Waals surface area contributed by atoms with Gasteiger partial charge in [-0.3, -0.25) is 9.48 Å². The van der Waals surface area contributed by atoms with Gasteiger partial charge in [0.1, 0.15) is 17.5 Å². The van der Waals surface area contributed by atoms with Gasteiger partial charge in [-0.15, -0.1) is 0 Å². The Morgan fingerprint density at radius 3 is 2.60 bits per heavy atom. The van der Waals surface area contributed by atoms with E-state index in [1.807, 2.05) is 31.2 Å². The molecule has 42 heavy (non-hydrogen) atoms. The first-order chi connectivity index (χ1) is 20.5. The molecule has 9 heteroatoms. The van der Waals surface area contributed by atoms with E-state index in [4.69, 9.17) is 14.6 Å². The third-order valence-corrected chi connectivity index (χ3v) is 10.2. The molecule has 3 saturated heterocycles. The molecule has 2 N–H and O–H groups in total. The maximum atomic E-state index is 13.0. The van der Waals surface area contributed by atoms with Crippen molar-refractivity contribution in [2.75, 3.05) is 51.3 Å². The topological polar surface area (TPSA) is 93.5 Å². The molecule has 0 bridgehead atoms. The first-order valence-electron chi connectivity index (χ1n) is 16.0. The molecule has 1 saturated carbocycles. The summed E-state index contributed by atoms with van der Waals surface area (Å²) in [6.07, 6.45) is 12.8. The van der Waals surface area contributed by atoms with Crippen molar-refractivity contribution in [1.82, 2.24) is 25.0 Å². The van der Waals surface area contributed by atoms with E-state index in [9.17, 15) is 4.79 Å². The standard InChI is InChI=1S/C33H44N6O3/c1-23-3-2-4-28(35-23)32(40)36-30-17-25-20-39(37-29(25)18-31(30)42-27-21-41-22-27)26-7-15-38(16-8-26)19-24-5-9-33(10-6-24)11-13-34-14-12-33/h2-4,17-18,20,24,26-27,34H,5-16,19,21-22H2,1H3,(H,36,40). The Kier molecular flexibility index (Phi) is 7.90. The van der Waals surface area contributed by atoms with Crippen molar-refractivity contribution in [2.45, 2.75) is 70.4 Å². The number of pyridine rings is 1. The van der Waals surface area contributed by atoms with Crippen LogP contribution in [-0.4, -0.2) is 77.6 Å². The highest BCUT2D eigenvalue weighted by Crippen LogP contribution is 2.45. The Morgan fingerprint density at radius 1 is 1.10 bits per heavy atom. The number of rotatable bonds is 7. The molecule has 1 aliphatic carbocycles. The van der Waals surface area contributed by atoms with Gasteiger partial charge >= 0.3 is 0 Å². The summed E-state index contributed by atoms with van der Waals surface area (Å²) in [6.45, 7) is 8.94. The third-order valence-electron chi connectivity index (χ3n) is 10.2. The monoisotopic (exact) mass is 572 g/mol. The van der Waals surface area contributed by atoms with Gasteiger partial charge in [-0.25, -0.2) is 4.98 Å². The van der Waals surface area contributed by atoms with E-state index in [-0.39, 0.29) is 12.0 Å². The molecule has 3 aromatic rings. The minimum absolute atomic E-state index is 0.0176. The first kappa shape index (κ1) is 27.8. The number of ether oxygens (including phenoxy) is 2. The number of amides is 1. The number of piperidine rings is 2. The fraction of sp³-hybridized carbons (Fsp3) is 0.606. The zero-order valence-electron chi connectivity index (χ0n) is 24.8. The van der Waals surface area contributed by atoms with Crippen LogP contribution in [0.5, 0.6) is 5.75 Å². The Balaban J connectivity index is 1.000. The van der Waals surface area contributed by atoms with E-state index in [1.165, 1.54) is 58.2 Å². The normalized spacial score (nSPS) is 22.3. The van der Waals surface area contributed by atoms with Crippen LogP contribution in [0, 0.1) is 18.3 Å². The number of fused-ring (bicyclic) bond motifs is 1. The summed E-state index contributed by atoms with van der Waals surface area (Å²) < 4.78 is 13.7. The van der Waals surface area contributed by atoms with Crippen molar-refractivity contribution in [1.29, 1.82) is 0 Å². The van der Waals surface area contributed by atoms with Crippen molar-refractivity contribution in [3.8, 4) is 5.75 Å². The highest BCUT2D eigenvalue weighted by atomic mass is 16.6. The largest absolute Gasteiger partial charge is 0.483 e. The van der Waals surface area contributed by atoms with Crippen LogP contribution in [0.15, 0.2) is 36.5 Å². The highest BCUT2D eigenvalue weighted by molar-refractivity contribution is 6.05. The number of benzene rings is 1. The second kappa shape index (κ2) is 11.9. The van der Waals surface area contributed by atoms with Crippen molar-refractivity contribution < 1.29 is 14.3 Å². The van der Waals surface area contributed by atoms with Crippen LogP contribution >= 0.6 is 0 Å². The molecule has 1 amide bonds. The average molecular weight is 573 g/mol. The molecule has 1 spiro atoms. The van der Waals surface area contributed by atoms with Crippen molar-refractivity contribution >= 4 is 22.5 Å². The van der Waals surface area contributed by atoms with Gasteiger partial charge in [0.05, 0.1) is 30.5 Å². The quantitative estimate of drug-likeness (QED) is 0.413. The zero-order valence-corrected chi connectivity index (χ0v) is 24.8. The number of anilines is 1. The van der Waals surface area contributed by atoms with Crippen LogP contribution < -0.4 is 15.4 Å². The van der Waals surface area contributed by atoms with Crippen molar-refractivity contribution in [3.05, 3.63) is 47.9 Å². The summed E-state index contributed by atoms with van der Waals surface area (Å²) in [5.41, 5.74) is 3.35. The second-order valence-electron chi connectivity index (χ2n) is 13.1. The van der Waals surface area contributed by atoms with E-state index in [1.54, 1.807) is 6.07 Å². The number of hydrogen-bond donors (Lipinski definition) is 2. The molecule has 4 fully saturated rings. The Bertz CT molecular complexity index is 1390. The van der Waals surface area contributed by atoms with Crippen molar-refractivity contribution in [3.63, 3.8) is 0 Å². The van der Waals surface area contributed by atoms with Crippen LogP contribution in [0.1, 0.15) is 73.6 Å². The van der Waals surface area contributed by atoms with E-state index in [0.717, 1.165) is 48.4 Å². The summed E-state index contributed by atoms with van der Waals surface area (Å²) in [7, 11) is 0. The lowest BCUT2D eigenvalue weighted by Gasteiger charge is -2.44. The highest BCUT2D eigenvalue weighted by Gasteiger charge is 2.37. The van der Waals surface area contributed by atoms with Gasteiger partial charge in [-0.1, -0.05) is 6.07 Å². The molecule has 224 valence electrons. The molecule has 0 unspecified atom stereocenters. The number of carbonyl (C=O) groups is 1. The molecule has 4 aliphatic rings. The SMILES string of the molecule is Cc1cccc(C(=O)Nc2cc3cn(C4CCN(CC5CCC6(CCNCC6)CC5)CC4)nc3cc2OC2COC2)n1. The summed E-state index contributed by atoms with van der Waals surface area (Å²) in [4.78, 5) is 20.1. The smallest absolute Gasteiger partial charge is 0.274 e. The molecule has 0 radical (unpaired) electrons. The summed E-state index contributed by atoms with van der Waals surface area (Å²) >= 11 is 0. The molecule has 2 aromatic heterocycles. The summed E-state index contributed by atoms with van der Waals surface area (Å²) in [6, 6.07) is 9.78. The summed E-state index contributed by atoms with van der Waals surface area (Å²) in [5, 5.41) is 12.6. The number of nitrogens with zero attached hydrogens (tertiary/aromatic N) is 4. The number of hydrogen-bond acceptors (Lipinski definition) is 7. The lowest BCUT2D eigenvalue weighted by Crippen LogP contribution is -2.42. The molecule has 9 nitrogen and oxygen atoms in total. The van der Waals surface area contributed by atoms with Crippen LogP contribution in [0.4, 0.5) is 5.69 Å². The average Bonchev–Trinajstić information content (AvgIpc) is 3.40. The van der Waals surface area contributed by atoms with Gasteiger partial charge in [-0.2, -0.15) is 5.10 Å². The second-order valence-corrected chi connectivity index (χ2v) is 13.1. The lowest BCUT2D eigenvalue weighted by molar-refractivity contribution is -0.0793. The fourth-order valence-corrected chi connectivity index (χ4v) is 7.43. The molecule has 7 rings (SSSR count). The van der Waals surface area contributed by atoms with E-state index in [2.05, 4.69) is 31.4 Å². The lowest BCUT2D eigenvalue weighted by atomic mass is 9.65. The van der Waals surface area contributed by atoms with E-state index in [0.29, 0.717) is 41.8 Å². The number of carbonyl (C=O) groups excluding carboxylic acids is 1. The molecule has 0 atom stereocenters. The van der Waals surface area contributed by atoms with Gasteiger partial charge in [0.2, 0.25) is 0 Å². The van der Waals surface area contributed by atoms with Gasteiger partial charge in [0.25, 0.3) is 5.91 Å². The number of nitrogens with one attached hydrogen (secondary N) is 2. The molecule has 5 heterocycles. The molecular formula is C33H44N6O3. The molecule has 1 aromatic carbocycles. The number of likely N-dealkylation sites (tertiary alicyclic amines) is 1. The van der Waals surface area contributed by atoms with Crippen LogP contribution in [0.2, 0.25) is 0 Å². The third kappa shape index (κ3) is 6.05. The number of aromatic nitrogens is 3. The Morgan fingerprint density at radius 2 is 1.88 bits per heavy atom. The minimum Gasteiger partial charge on any atom is -0.483 e. The van der Waals surface area contributed by atoms with Gasteiger partial charge in [-0.05, 0) is 101 Å². The van der Waals surface area contributed by atoms with Crippen molar-refractivity contribution in [2.24, 2.45) is 11.3 Å². The van der Waals surface area contributed by atoms with Crippen LogP contribution in [0.3, 0.4) is 0 Å². The Hall–Kier alpha value is -3.01. The van der Waals surface area contributed by atoms with Gasteiger partial charge in [0, 0.05) is 43.0 Å². The summed E-state index contributed by atoms with van der Waals surface area (Å²) in [5.74, 6) is 1.23. The van der Waals surface area contributed by atoms with E-state index >= 15 is 0 Å². The minimum atomic E-state index is -0.253. The predicted molar refractivity (Wildman–Crippen MR) is 163 cm³/mol. The maximum absolute atomic E-state index is 13.0. The molecule has 3 aliphatic heterocycles. The van der Waals surface area contributed by atoms with E-state index < -0.39 is 0 Å². The number of aryl methyl sites for hydroxylation is 1. The zero-order chi connectivity index (χ0) is 28.5. The predicted octanol–water partition coefficient (Wildman–Crippen LogP) is 4.97. The Labute approximate surface area is 248 Å². The first-order valence-corrected chi connectivity index (χ1v) is 16.0. The maximum Gasteiger partial charge on any atom is 0.274 e.